The van der Waals surface area contributed by atoms with Gasteiger partial charge in [0.25, 0.3) is 0 Å². The third-order valence-electron chi connectivity index (χ3n) is 5.86. The van der Waals surface area contributed by atoms with Gasteiger partial charge in [-0.3, -0.25) is 9.59 Å². The quantitative estimate of drug-likeness (QED) is 0.272. The van der Waals surface area contributed by atoms with Gasteiger partial charge in [-0.2, -0.15) is 0 Å². The maximum absolute atomic E-state index is 11.9. The van der Waals surface area contributed by atoms with Crippen molar-refractivity contribution in [3.05, 3.63) is 143 Å². The molecule has 0 saturated heterocycles. The summed E-state index contributed by atoms with van der Waals surface area (Å²) in [7, 11) is 0. The largest absolute Gasteiger partial charge is 0.295 e. The van der Waals surface area contributed by atoms with Crippen LogP contribution in [0.2, 0.25) is 0 Å². The zero-order chi connectivity index (χ0) is 21.8. The van der Waals surface area contributed by atoms with Crippen molar-refractivity contribution in [1.29, 1.82) is 0 Å². The Morgan fingerprint density at radius 2 is 0.742 bits per heavy atom. The third kappa shape index (κ3) is 3.73. The van der Waals surface area contributed by atoms with Gasteiger partial charge in [0.2, 0.25) is 0 Å². The van der Waals surface area contributed by atoms with Crippen molar-refractivity contribution >= 4 is 11.6 Å². The summed E-state index contributed by atoms with van der Waals surface area (Å²) in [6.45, 7) is 3.16. The summed E-state index contributed by atoms with van der Waals surface area (Å²) in [5.74, 6) is 0.0877. The van der Waals surface area contributed by atoms with Gasteiger partial charge in [-0.1, -0.05) is 109 Å². The minimum Gasteiger partial charge on any atom is -0.295 e. The second kappa shape index (κ2) is 8.53. The molecule has 0 heterocycles. The van der Waals surface area contributed by atoms with Gasteiger partial charge in [0.05, 0.1) is 5.41 Å². The van der Waals surface area contributed by atoms with Crippen molar-refractivity contribution in [3.8, 4) is 0 Å². The maximum atomic E-state index is 11.9. The Labute approximate surface area is 183 Å². The molecule has 4 aromatic rings. The Morgan fingerprint density at radius 1 is 0.452 bits per heavy atom. The molecule has 0 atom stereocenters. The smallest absolute Gasteiger partial charge is 0.159 e. The monoisotopic (exact) mass is 404 g/mol. The van der Waals surface area contributed by atoms with E-state index in [4.69, 9.17) is 0 Å². The molecule has 152 valence electrons. The number of carbonyl (C=O) groups excluding carboxylic acids is 2. The highest BCUT2D eigenvalue weighted by atomic mass is 16.1. The molecule has 4 aromatic carbocycles. The minimum absolute atomic E-state index is 0.0439. The molecular formula is C29H24O2. The molecule has 0 bridgehead atoms. The highest BCUT2D eigenvalue weighted by Gasteiger charge is 2.38. The molecule has 0 saturated carbocycles. The molecule has 0 amide bonds. The van der Waals surface area contributed by atoms with Crippen LogP contribution < -0.4 is 0 Å². The molecule has 4 rings (SSSR count). The number of Topliss-reactive ketones (excluding diaryl/α,β-unsaturated/α-hetero) is 2. The van der Waals surface area contributed by atoms with Crippen molar-refractivity contribution in [2.24, 2.45) is 0 Å². The summed E-state index contributed by atoms with van der Waals surface area (Å²) in [5, 5.41) is 0. The van der Waals surface area contributed by atoms with Gasteiger partial charge in [-0.05, 0) is 36.1 Å². The van der Waals surface area contributed by atoms with E-state index >= 15 is 0 Å². The van der Waals surface area contributed by atoms with Crippen molar-refractivity contribution in [2.75, 3.05) is 0 Å². The van der Waals surface area contributed by atoms with E-state index in [9.17, 15) is 9.59 Å². The predicted molar refractivity (Wildman–Crippen MR) is 125 cm³/mol. The Balaban J connectivity index is 2.06. The van der Waals surface area contributed by atoms with E-state index in [0.29, 0.717) is 11.1 Å². The molecule has 0 aliphatic heterocycles. The van der Waals surface area contributed by atoms with Crippen LogP contribution >= 0.6 is 0 Å². The Morgan fingerprint density at radius 3 is 1.03 bits per heavy atom. The third-order valence-corrected chi connectivity index (χ3v) is 5.86. The van der Waals surface area contributed by atoms with E-state index in [2.05, 4.69) is 24.3 Å². The van der Waals surface area contributed by atoms with Crippen LogP contribution in [-0.4, -0.2) is 11.6 Å². The first-order valence-electron chi connectivity index (χ1n) is 10.4. The van der Waals surface area contributed by atoms with E-state index < -0.39 is 5.41 Å². The lowest BCUT2D eigenvalue weighted by Crippen LogP contribution is -2.31. The number of hydrogen-bond donors (Lipinski definition) is 0. The number of carbonyl (C=O) groups is 2. The number of rotatable bonds is 6. The van der Waals surface area contributed by atoms with Crippen LogP contribution in [-0.2, 0) is 5.41 Å². The van der Waals surface area contributed by atoms with Gasteiger partial charge in [-0.25, -0.2) is 0 Å². The SMILES string of the molecule is CC(=O)c1ccc(C(c2ccccc2)(c2ccccc2)c2ccc(C(C)=O)cc2)cc1. The average Bonchev–Trinajstić information content (AvgIpc) is 2.82. The normalized spacial score (nSPS) is 11.2. The van der Waals surface area contributed by atoms with E-state index in [1.807, 2.05) is 84.9 Å². The summed E-state index contributed by atoms with van der Waals surface area (Å²) >= 11 is 0. The Bertz CT molecular complexity index is 1090. The lowest BCUT2D eigenvalue weighted by atomic mass is 9.65. The lowest BCUT2D eigenvalue weighted by Gasteiger charge is -2.37. The molecule has 0 unspecified atom stereocenters. The van der Waals surface area contributed by atoms with Gasteiger partial charge in [0.1, 0.15) is 0 Å². The molecule has 2 nitrogen and oxygen atoms in total. The summed E-state index contributed by atoms with van der Waals surface area (Å²) in [6, 6.07) is 36.4. The number of benzene rings is 4. The topological polar surface area (TPSA) is 34.1 Å². The van der Waals surface area contributed by atoms with E-state index in [1.54, 1.807) is 13.8 Å². The highest BCUT2D eigenvalue weighted by Crippen LogP contribution is 2.45. The van der Waals surface area contributed by atoms with Gasteiger partial charge in [-0.15, -0.1) is 0 Å². The highest BCUT2D eigenvalue weighted by molar-refractivity contribution is 5.94. The zero-order valence-corrected chi connectivity index (χ0v) is 17.7. The van der Waals surface area contributed by atoms with Gasteiger partial charge in [0, 0.05) is 11.1 Å². The molecule has 0 fully saturated rings. The van der Waals surface area contributed by atoms with E-state index in [-0.39, 0.29) is 11.6 Å². The summed E-state index contributed by atoms with van der Waals surface area (Å²) in [4.78, 5) is 23.8. The lowest BCUT2D eigenvalue weighted by molar-refractivity contribution is 0.100. The first-order valence-corrected chi connectivity index (χ1v) is 10.4. The van der Waals surface area contributed by atoms with Gasteiger partial charge < -0.3 is 0 Å². The summed E-state index contributed by atoms with van der Waals surface area (Å²) in [5.41, 5.74) is 5.14. The molecule has 2 heteroatoms. The second-order valence-electron chi connectivity index (χ2n) is 7.75. The molecule has 0 aromatic heterocycles. The fourth-order valence-corrected chi connectivity index (χ4v) is 4.29. The maximum Gasteiger partial charge on any atom is 0.159 e. The van der Waals surface area contributed by atoms with Crippen LogP contribution in [0.25, 0.3) is 0 Å². The molecule has 0 aliphatic carbocycles. The van der Waals surface area contributed by atoms with Crippen LogP contribution in [0, 0.1) is 0 Å². The Hall–Kier alpha value is -3.78. The van der Waals surface area contributed by atoms with E-state index in [1.165, 1.54) is 0 Å². The second-order valence-corrected chi connectivity index (χ2v) is 7.75. The van der Waals surface area contributed by atoms with Crippen LogP contribution in [0.5, 0.6) is 0 Å². The van der Waals surface area contributed by atoms with Crippen LogP contribution in [0.4, 0.5) is 0 Å². The minimum atomic E-state index is -0.590. The van der Waals surface area contributed by atoms with Crippen LogP contribution in [0.1, 0.15) is 56.8 Å². The molecule has 31 heavy (non-hydrogen) atoms. The Kier molecular flexibility index (Phi) is 5.64. The molecule has 0 radical (unpaired) electrons. The van der Waals surface area contributed by atoms with Crippen LogP contribution in [0.3, 0.4) is 0 Å². The molecule has 0 aliphatic rings. The fraction of sp³-hybridized carbons (Fsp3) is 0.103. The first kappa shape index (κ1) is 20.5. The first-order chi connectivity index (χ1) is 15.0. The molecule has 0 N–H and O–H groups in total. The van der Waals surface area contributed by atoms with Crippen molar-refractivity contribution in [2.45, 2.75) is 19.3 Å². The van der Waals surface area contributed by atoms with E-state index in [0.717, 1.165) is 22.3 Å². The van der Waals surface area contributed by atoms with Gasteiger partial charge in [0.15, 0.2) is 11.6 Å². The number of ketones is 2. The summed E-state index contributed by atoms with van der Waals surface area (Å²) in [6.07, 6.45) is 0. The van der Waals surface area contributed by atoms with Crippen molar-refractivity contribution in [1.82, 2.24) is 0 Å². The standard InChI is InChI=1S/C29H24O2/c1-21(30)23-13-17-27(18-14-23)29(25-9-5-3-6-10-25,26-11-7-4-8-12-26)28-19-15-24(16-20-28)22(2)31/h3-20H,1-2H3. The van der Waals surface area contributed by atoms with Crippen molar-refractivity contribution < 1.29 is 9.59 Å². The molecule has 0 spiro atoms. The fourth-order valence-electron chi connectivity index (χ4n) is 4.29. The van der Waals surface area contributed by atoms with Gasteiger partial charge >= 0.3 is 0 Å². The number of hydrogen-bond acceptors (Lipinski definition) is 2. The average molecular weight is 405 g/mol. The predicted octanol–water partition coefficient (Wildman–Crippen LogP) is 6.47. The van der Waals surface area contributed by atoms with Crippen molar-refractivity contribution in [3.63, 3.8) is 0 Å². The summed E-state index contributed by atoms with van der Waals surface area (Å²) < 4.78 is 0. The van der Waals surface area contributed by atoms with Crippen LogP contribution in [0.15, 0.2) is 109 Å². The zero-order valence-electron chi connectivity index (χ0n) is 17.7. The molecular weight excluding hydrogens is 380 g/mol.